The Kier molecular flexibility index (Phi) is 5.55. The molecule has 0 radical (unpaired) electrons. The summed E-state index contributed by atoms with van der Waals surface area (Å²) in [7, 11) is 0. The minimum absolute atomic E-state index is 0.662. The first-order valence-electron chi connectivity index (χ1n) is 7.19. The quantitative estimate of drug-likeness (QED) is 0.744. The standard InChI is InChI=1S/C14H23Cl2N3/c1-3-19-13(14(16)11(2)17-19)10-18-9-5-7-12(18)6-4-8-15/h12H,3-10H2,1-2H3. The molecular weight excluding hydrogens is 281 g/mol. The molecule has 0 aromatic carbocycles. The number of hydrogen-bond donors (Lipinski definition) is 0. The van der Waals surface area contributed by atoms with E-state index in [4.69, 9.17) is 23.2 Å². The van der Waals surface area contributed by atoms with Gasteiger partial charge < -0.3 is 0 Å². The maximum atomic E-state index is 6.39. The van der Waals surface area contributed by atoms with Gasteiger partial charge in [0, 0.05) is 25.0 Å². The first kappa shape index (κ1) is 15.1. The minimum atomic E-state index is 0.662. The van der Waals surface area contributed by atoms with Gasteiger partial charge in [-0.25, -0.2) is 0 Å². The summed E-state index contributed by atoms with van der Waals surface area (Å²) in [6.45, 7) is 7.05. The molecular formula is C14H23Cl2N3. The topological polar surface area (TPSA) is 21.1 Å². The number of halogens is 2. The maximum Gasteiger partial charge on any atom is 0.0860 e. The first-order valence-corrected chi connectivity index (χ1v) is 8.10. The molecule has 1 saturated heterocycles. The van der Waals surface area contributed by atoms with E-state index in [0.717, 1.165) is 42.7 Å². The predicted molar refractivity (Wildman–Crippen MR) is 81.0 cm³/mol. The lowest BCUT2D eigenvalue weighted by Crippen LogP contribution is -2.30. The lowest BCUT2D eigenvalue weighted by molar-refractivity contribution is 0.227. The van der Waals surface area contributed by atoms with Crippen molar-refractivity contribution in [1.29, 1.82) is 0 Å². The SMILES string of the molecule is CCn1nc(C)c(Cl)c1CN1CCCC1CCCCl. The van der Waals surface area contributed by atoms with E-state index in [0.29, 0.717) is 6.04 Å². The van der Waals surface area contributed by atoms with Gasteiger partial charge in [0.25, 0.3) is 0 Å². The molecule has 0 aliphatic carbocycles. The van der Waals surface area contributed by atoms with Gasteiger partial charge in [-0.3, -0.25) is 9.58 Å². The summed E-state index contributed by atoms with van der Waals surface area (Å²) in [4.78, 5) is 2.54. The third-order valence-electron chi connectivity index (χ3n) is 3.98. The van der Waals surface area contributed by atoms with Crippen LogP contribution >= 0.6 is 23.2 Å². The van der Waals surface area contributed by atoms with Gasteiger partial charge in [0.15, 0.2) is 0 Å². The average molecular weight is 304 g/mol. The minimum Gasteiger partial charge on any atom is -0.295 e. The van der Waals surface area contributed by atoms with Crippen LogP contribution in [0.1, 0.15) is 44.0 Å². The summed E-state index contributed by atoms with van der Waals surface area (Å²) >= 11 is 12.2. The number of rotatable bonds is 6. The van der Waals surface area contributed by atoms with Crippen LogP contribution in [0, 0.1) is 6.92 Å². The Morgan fingerprint density at radius 1 is 1.42 bits per heavy atom. The van der Waals surface area contributed by atoms with E-state index in [-0.39, 0.29) is 0 Å². The van der Waals surface area contributed by atoms with Crippen molar-refractivity contribution in [3.05, 3.63) is 16.4 Å². The van der Waals surface area contributed by atoms with Crippen LogP contribution in [0.3, 0.4) is 0 Å². The zero-order chi connectivity index (χ0) is 13.8. The van der Waals surface area contributed by atoms with Crippen LogP contribution < -0.4 is 0 Å². The van der Waals surface area contributed by atoms with Gasteiger partial charge in [0.1, 0.15) is 0 Å². The highest BCUT2D eigenvalue weighted by Crippen LogP contribution is 2.27. The van der Waals surface area contributed by atoms with Crippen LogP contribution in [0.25, 0.3) is 0 Å². The molecule has 3 nitrogen and oxygen atoms in total. The molecule has 2 rings (SSSR count). The second-order valence-electron chi connectivity index (χ2n) is 5.26. The van der Waals surface area contributed by atoms with Gasteiger partial charge in [-0.1, -0.05) is 11.6 Å². The summed E-state index contributed by atoms with van der Waals surface area (Å²) in [6.07, 6.45) is 4.86. The second kappa shape index (κ2) is 6.96. The molecule has 108 valence electrons. The smallest absolute Gasteiger partial charge is 0.0860 e. The van der Waals surface area contributed by atoms with Crippen molar-refractivity contribution in [3.63, 3.8) is 0 Å². The van der Waals surface area contributed by atoms with Gasteiger partial charge in [0.2, 0.25) is 0 Å². The monoisotopic (exact) mass is 303 g/mol. The van der Waals surface area contributed by atoms with Crippen LogP contribution in [-0.4, -0.2) is 33.1 Å². The van der Waals surface area contributed by atoms with Crippen molar-refractivity contribution in [2.24, 2.45) is 0 Å². The Hall–Kier alpha value is -0.250. The number of aryl methyl sites for hydroxylation is 2. The van der Waals surface area contributed by atoms with E-state index in [1.54, 1.807) is 0 Å². The van der Waals surface area contributed by atoms with Crippen LogP contribution in [0.5, 0.6) is 0 Å². The molecule has 5 heteroatoms. The third kappa shape index (κ3) is 3.45. The third-order valence-corrected chi connectivity index (χ3v) is 4.73. The van der Waals surface area contributed by atoms with Gasteiger partial charge in [-0.05, 0) is 46.1 Å². The van der Waals surface area contributed by atoms with Gasteiger partial charge >= 0.3 is 0 Å². The molecule has 1 aliphatic heterocycles. The largest absolute Gasteiger partial charge is 0.295 e. The zero-order valence-corrected chi connectivity index (χ0v) is 13.3. The van der Waals surface area contributed by atoms with Crippen molar-refractivity contribution in [2.45, 2.75) is 58.7 Å². The molecule has 0 bridgehead atoms. The van der Waals surface area contributed by atoms with Gasteiger partial charge in [0.05, 0.1) is 16.4 Å². The van der Waals surface area contributed by atoms with E-state index in [1.807, 2.05) is 11.6 Å². The van der Waals surface area contributed by atoms with Crippen molar-refractivity contribution in [1.82, 2.24) is 14.7 Å². The first-order chi connectivity index (χ1) is 9.17. The number of likely N-dealkylation sites (tertiary alicyclic amines) is 1. The number of alkyl halides is 1. The van der Waals surface area contributed by atoms with E-state index in [9.17, 15) is 0 Å². The maximum absolute atomic E-state index is 6.39. The van der Waals surface area contributed by atoms with Gasteiger partial charge in [-0.15, -0.1) is 11.6 Å². The summed E-state index contributed by atoms with van der Waals surface area (Å²) in [5.74, 6) is 0.761. The Balaban J connectivity index is 2.07. The normalized spacial score (nSPS) is 20.3. The predicted octanol–water partition coefficient (Wildman–Crippen LogP) is 3.85. The Bertz CT molecular complexity index is 417. The van der Waals surface area contributed by atoms with E-state index >= 15 is 0 Å². The van der Waals surface area contributed by atoms with Crippen molar-refractivity contribution in [2.75, 3.05) is 12.4 Å². The Morgan fingerprint density at radius 2 is 2.21 bits per heavy atom. The molecule has 0 spiro atoms. The van der Waals surface area contributed by atoms with Crippen LogP contribution in [0.15, 0.2) is 0 Å². The summed E-state index contributed by atoms with van der Waals surface area (Å²) in [6, 6.07) is 0.662. The van der Waals surface area contributed by atoms with E-state index in [1.165, 1.54) is 25.0 Å². The molecule has 2 heterocycles. The number of aromatic nitrogens is 2. The lowest BCUT2D eigenvalue weighted by atomic mass is 10.1. The molecule has 0 N–H and O–H groups in total. The molecule has 1 unspecified atom stereocenters. The highest BCUT2D eigenvalue weighted by molar-refractivity contribution is 6.31. The molecule has 1 aromatic heterocycles. The Labute approximate surface area is 125 Å². The summed E-state index contributed by atoms with van der Waals surface area (Å²) < 4.78 is 2.04. The lowest BCUT2D eigenvalue weighted by Gasteiger charge is -2.24. The van der Waals surface area contributed by atoms with Crippen LogP contribution in [-0.2, 0) is 13.1 Å². The highest BCUT2D eigenvalue weighted by atomic mass is 35.5. The summed E-state index contributed by atoms with van der Waals surface area (Å²) in [5, 5.41) is 5.33. The van der Waals surface area contributed by atoms with Crippen LogP contribution in [0.4, 0.5) is 0 Å². The van der Waals surface area contributed by atoms with E-state index < -0.39 is 0 Å². The second-order valence-corrected chi connectivity index (χ2v) is 6.02. The molecule has 1 atom stereocenters. The Morgan fingerprint density at radius 3 is 2.89 bits per heavy atom. The van der Waals surface area contributed by atoms with Crippen molar-refractivity contribution in [3.8, 4) is 0 Å². The molecule has 1 aliphatic rings. The molecule has 0 amide bonds. The fourth-order valence-corrected chi connectivity index (χ4v) is 3.30. The molecule has 0 saturated carbocycles. The van der Waals surface area contributed by atoms with Crippen molar-refractivity contribution >= 4 is 23.2 Å². The fraction of sp³-hybridized carbons (Fsp3) is 0.786. The highest BCUT2D eigenvalue weighted by Gasteiger charge is 2.26. The van der Waals surface area contributed by atoms with Crippen LogP contribution in [0.2, 0.25) is 5.02 Å². The molecule has 19 heavy (non-hydrogen) atoms. The number of hydrogen-bond acceptors (Lipinski definition) is 2. The van der Waals surface area contributed by atoms with Crippen molar-refractivity contribution < 1.29 is 0 Å². The molecule has 1 fully saturated rings. The summed E-state index contributed by atoms with van der Waals surface area (Å²) in [5.41, 5.74) is 2.11. The van der Waals surface area contributed by atoms with Gasteiger partial charge in [-0.2, -0.15) is 5.10 Å². The average Bonchev–Trinajstić information content (AvgIpc) is 2.96. The molecule has 1 aromatic rings. The fourth-order valence-electron chi connectivity index (χ4n) is 2.96. The number of nitrogens with zero attached hydrogens (tertiary/aromatic N) is 3. The van der Waals surface area contributed by atoms with E-state index in [2.05, 4.69) is 16.9 Å². The zero-order valence-electron chi connectivity index (χ0n) is 11.8.